The van der Waals surface area contributed by atoms with Crippen LogP contribution in [0.4, 0.5) is 0 Å². The summed E-state index contributed by atoms with van der Waals surface area (Å²) in [6, 6.07) is 10.8. The van der Waals surface area contributed by atoms with Crippen LogP contribution in [0.2, 0.25) is 0 Å². The van der Waals surface area contributed by atoms with E-state index in [9.17, 15) is 0 Å². The van der Waals surface area contributed by atoms with E-state index in [4.69, 9.17) is 5.73 Å². The summed E-state index contributed by atoms with van der Waals surface area (Å²) in [4.78, 5) is 6.94. The second-order valence-electron chi connectivity index (χ2n) is 5.17. The van der Waals surface area contributed by atoms with Crippen molar-refractivity contribution >= 4 is 23.3 Å². The predicted molar refractivity (Wildman–Crippen MR) is 81.5 cm³/mol. The molecular formula is C15H20ClN3. The lowest BCUT2D eigenvalue weighted by molar-refractivity contribution is 0.201. The van der Waals surface area contributed by atoms with Crippen molar-refractivity contribution in [1.29, 1.82) is 0 Å². The fourth-order valence-electron chi connectivity index (χ4n) is 2.70. The largest absolute Gasteiger partial charge is 0.327 e. The molecule has 0 bridgehead atoms. The third kappa shape index (κ3) is 3.44. The van der Waals surface area contributed by atoms with Gasteiger partial charge in [-0.3, -0.25) is 9.88 Å². The Hall–Kier alpha value is -1.16. The first kappa shape index (κ1) is 14.3. The molecule has 3 nitrogen and oxygen atoms in total. The van der Waals surface area contributed by atoms with E-state index in [0.29, 0.717) is 6.04 Å². The molecule has 0 spiro atoms. The molecule has 19 heavy (non-hydrogen) atoms. The van der Waals surface area contributed by atoms with Crippen LogP contribution in [0, 0.1) is 0 Å². The molecule has 0 unspecified atom stereocenters. The van der Waals surface area contributed by atoms with Crippen LogP contribution in [0.5, 0.6) is 0 Å². The molecule has 2 N–H and O–H groups in total. The van der Waals surface area contributed by atoms with Crippen molar-refractivity contribution in [3.63, 3.8) is 0 Å². The maximum Gasteiger partial charge on any atom is 0.0702 e. The second-order valence-corrected chi connectivity index (χ2v) is 5.17. The zero-order chi connectivity index (χ0) is 12.4. The number of benzene rings is 1. The molecule has 2 heterocycles. The SMILES string of the molecule is Cl.N[C@@H]1CCCN(Cc2cnc3ccccc3c2)C1. The molecule has 0 radical (unpaired) electrons. The summed E-state index contributed by atoms with van der Waals surface area (Å²) in [6.07, 6.45) is 4.36. The highest BCUT2D eigenvalue weighted by Gasteiger charge is 2.16. The highest BCUT2D eigenvalue weighted by atomic mass is 35.5. The predicted octanol–water partition coefficient (Wildman–Crippen LogP) is 2.58. The summed E-state index contributed by atoms with van der Waals surface area (Å²) < 4.78 is 0. The number of aromatic nitrogens is 1. The highest BCUT2D eigenvalue weighted by Crippen LogP contribution is 2.16. The Balaban J connectivity index is 0.00000133. The first-order chi connectivity index (χ1) is 8.81. The number of likely N-dealkylation sites (tertiary alicyclic amines) is 1. The number of pyridine rings is 1. The van der Waals surface area contributed by atoms with E-state index in [1.54, 1.807) is 0 Å². The van der Waals surface area contributed by atoms with Crippen molar-refractivity contribution in [2.45, 2.75) is 25.4 Å². The van der Waals surface area contributed by atoms with Gasteiger partial charge in [0.25, 0.3) is 0 Å². The summed E-state index contributed by atoms with van der Waals surface area (Å²) in [7, 11) is 0. The summed E-state index contributed by atoms with van der Waals surface area (Å²) in [5, 5.41) is 1.22. The van der Waals surface area contributed by atoms with Crippen LogP contribution < -0.4 is 5.73 Å². The first-order valence-corrected chi connectivity index (χ1v) is 6.63. The maximum atomic E-state index is 6.01. The van der Waals surface area contributed by atoms with Crippen LogP contribution >= 0.6 is 12.4 Å². The molecule has 102 valence electrons. The quantitative estimate of drug-likeness (QED) is 0.917. The fraction of sp³-hybridized carbons (Fsp3) is 0.400. The highest BCUT2D eigenvalue weighted by molar-refractivity contribution is 5.85. The molecule has 3 rings (SSSR count). The standard InChI is InChI=1S/C15H19N3.ClH/c16-14-5-3-7-18(11-14)10-12-8-13-4-1-2-6-15(13)17-9-12;/h1-2,4,6,8-9,14H,3,5,7,10-11,16H2;1H/t14-;/m1./s1. The lowest BCUT2D eigenvalue weighted by atomic mass is 10.1. The van der Waals surface area contributed by atoms with E-state index in [-0.39, 0.29) is 12.4 Å². The lowest BCUT2D eigenvalue weighted by Gasteiger charge is -2.30. The Morgan fingerprint density at radius 2 is 2.16 bits per heavy atom. The number of halogens is 1. The van der Waals surface area contributed by atoms with Gasteiger partial charge in [0.15, 0.2) is 0 Å². The number of para-hydroxylation sites is 1. The number of nitrogens with two attached hydrogens (primary N) is 1. The van der Waals surface area contributed by atoms with Crippen molar-refractivity contribution in [2.75, 3.05) is 13.1 Å². The average molecular weight is 278 g/mol. The molecule has 1 fully saturated rings. The van der Waals surface area contributed by atoms with Gasteiger partial charge in [0.1, 0.15) is 0 Å². The second kappa shape index (κ2) is 6.33. The molecule has 1 aromatic heterocycles. The van der Waals surface area contributed by atoms with E-state index in [2.05, 4.69) is 34.1 Å². The van der Waals surface area contributed by atoms with Gasteiger partial charge in [-0.05, 0) is 37.1 Å². The minimum absolute atomic E-state index is 0. The van der Waals surface area contributed by atoms with Crippen molar-refractivity contribution in [1.82, 2.24) is 9.88 Å². The van der Waals surface area contributed by atoms with Crippen molar-refractivity contribution < 1.29 is 0 Å². The van der Waals surface area contributed by atoms with Gasteiger partial charge in [0.2, 0.25) is 0 Å². The summed E-state index contributed by atoms with van der Waals surface area (Å²) in [5.41, 5.74) is 8.36. The van der Waals surface area contributed by atoms with Gasteiger partial charge in [-0.25, -0.2) is 0 Å². The van der Waals surface area contributed by atoms with Gasteiger partial charge in [-0.15, -0.1) is 12.4 Å². The van der Waals surface area contributed by atoms with Crippen molar-refractivity contribution in [2.24, 2.45) is 5.73 Å². The minimum Gasteiger partial charge on any atom is -0.327 e. The van der Waals surface area contributed by atoms with Gasteiger partial charge < -0.3 is 5.73 Å². The van der Waals surface area contributed by atoms with Crippen LogP contribution in [0.3, 0.4) is 0 Å². The Morgan fingerprint density at radius 1 is 1.32 bits per heavy atom. The summed E-state index contributed by atoms with van der Waals surface area (Å²) in [6.45, 7) is 3.12. The molecule has 1 saturated heterocycles. The Morgan fingerprint density at radius 3 is 3.00 bits per heavy atom. The number of hydrogen-bond acceptors (Lipinski definition) is 3. The molecule has 0 aliphatic carbocycles. The van der Waals surface area contributed by atoms with E-state index in [0.717, 1.165) is 31.6 Å². The van der Waals surface area contributed by atoms with Gasteiger partial charge >= 0.3 is 0 Å². The molecule has 1 aromatic carbocycles. The van der Waals surface area contributed by atoms with Gasteiger partial charge in [-0.1, -0.05) is 18.2 Å². The topological polar surface area (TPSA) is 42.1 Å². The zero-order valence-corrected chi connectivity index (χ0v) is 11.8. The average Bonchev–Trinajstić information content (AvgIpc) is 2.39. The van der Waals surface area contributed by atoms with Gasteiger partial charge in [-0.2, -0.15) is 0 Å². The molecule has 1 atom stereocenters. The number of piperidine rings is 1. The van der Waals surface area contributed by atoms with E-state index in [1.165, 1.54) is 17.4 Å². The number of rotatable bonds is 2. The zero-order valence-electron chi connectivity index (χ0n) is 11.0. The number of nitrogens with zero attached hydrogens (tertiary/aromatic N) is 2. The fourth-order valence-corrected chi connectivity index (χ4v) is 2.70. The van der Waals surface area contributed by atoms with E-state index < -0.39 is 0 Å². The normalized spacial score (nSPS) is 20.2. The Kier molecular flexibility index (Phi) is 4.75. The molecule has 0 saturated carbocycles. The summed E-state index contributed by atoms with van der Waals surface area (Å²) >= 11 is 0. The molecule has 1 aliphatic heterocycles. The van der Waals surface area contributed by atoms with Gasteiger partial charge in [0.05, 0.1) is 5.52 Å². The maximum absolute atomic E-state index is 6.01. The van der Waals surface area contributed by atoms with Crippen molar-refractivity contribution in [3.05, 3.63) is 42.1 Å². The van der Waals surface area contributed by atoms with E-state index in [1.807, 2.05) is 12.3 Å². The van der Waals surface area contributed by atoms with Crippen LogP contribution in [-0.4, -0.2) is 29.0 Å². The molecule has 0 amide bonds. The molecular weight excluding hydrogens is 258 g/mol. The van der Waals surface area contributed by atoms with Crippen LogP contribution in [0.25, 0.3) is 10.9 Å². The number of fused-ring (bicyclic) bond motifs is 1. The molecule has 1 aliphatic rings. The van der Waals surface area contributed by atoms with Crippen LogP contribution in [-0.2, 0) is 6.54 Å². The van der Waals surface area contributed by atoms with Crippen molar-refractivity contribution in [3.8, 4) is 0 Å². The van der Waals surface area contributed by atoms with E-state index >= 15 is 0 Å². The monoisotopic (exact) mass is 277 g/mol. The third-order valence-corrected chi connectivity index (χ3v) is 3.60. The van der Waals surface area contributed by atoms with Gasteiger partial charge in [0, 0.05) is 30.7 Å². The Labute approximate surface area is 120 Å². The molecule has 2 aromatic rings. The smallest absolute Gasteiger partial charge is 0.0702 e. The lowest BCUT2D eigenvalue weighted by Crippen LogP contribution is -2.42. The molecule has 4 heteroatoms. The third-order valence-electron chi connectivity index (χ3n) is 3.60. The number of hydrogen-bond donors (Lipinski definition) is 1. The minimum atomic E-state index is 0. The van der Waals surface area contributed by atoms with Crippen LogP contribution in [0.1, 0.15) is 18.4 Å². The summed E-state index contributed by atoms with van der Waals surface area (Å²) in [5.74, 6) is 0. The first-order valence-electron chi connectivity index (χ1n) is 6.63. The Bertz CT molecular complexity index is 544. The van der Waals surface area contributed by atoms with Crippen LogP contribution in [0.15, 0.2) is 36.5 Å².